The van der Waals surface area contributed by atoms with Crippen LogP contribution < -0.4 is 0 Å². The molecule has 1 amide bonds. The number of hydrogen-bond acceptors (Lipinski definition) is 6. The second kappa shape index (κ2) is 7.57. The third-order valence-electron chi connectivity index (χ3n) is 3.74. The smallest absolute Gasteiger partial charge is 0.270 e. The minimum absolute atomic E-state index is 0.000613. The highest BCUT2D eigenvalue weighted by Gasteiger charge is 2.32. The minimum atomic E-state index is -0.447. The quantitative estimate of drug-likeness (QED) is 0.447. The van der Waals surface area contributed by atoms with Crippen molar-refractivity contribution >= 4 is 34.6 Å². The lowest BCUT2D eigenvalue weighted by atomic mass is 10.1. The molecule has 0 radical (unpaired) electrons. The molecular formula is C18H17N3O4S. The summed E-state index contributed by atoms with van der Waals surface area (Å²) >= 11 is 1.32. The lowest BCUT2D eigenvalue weighted by molar-refractivity contribution is -0.384. The van der Waals surface area contributed by atoms with Crippen molar-refractivity contribution in [2.75, 3.05) is 13.1 Å². The van der Waals surface area contributed by atoms with Crippen molar-refractivity contribution in [2.45, 2.75) is 13.8 Å². The molecule has 1 aliphatic heterocycles. The van der Waals surface area contributed by atoms with Gasteiger partial charge in [0.15, 0.2) is 5.17 Å². The summed E-state index contributed by atoms with van der Waals surface area (Å²) in [5, 5.41) is 11.6. The Hall–Kier alpha value is -2.87. The third-order valence-corrected chi connectivity index (χ3v) is 4.78. The van der Waals surface area contributed by atoms with Gasteiger partial charge in [-0.25, -0.2) is 0 Å². The number of hydrogen-bond donors (Lipinski definition) is 0. The fourth-order valence-corrected chi connectivity index (χ4v) is 3.61. The summed E-state index contributed by atoms with van der Waals surface area (Å²) in [5.41, 5.74) is 0.608. The Bertz CT molecular complexity index is 917. The van der Waals surface area contributed by atoms with E-state index in [1.165, 1.54) is 23.9 Å². The molecule has 3 rings (SSSR count). The molecule has 0 spiro atoms. The number of non-ortho nitro benzene ring substituents is 1. The number of nitro groups is 1. The molecule has 8 heteroatoms. The van der Waals surface area contributed by atoms with Crippen LogP contribution in [0.1, 0.15) is 19.6 Å². The fraction of sp³-hybridized carbons (Fsp3) is 0.222. The molecule has 1 saturated heterocycles. The summed E-state index contributed by atoms with van der Waals surface area (Å²) in [6.45, 7) is 4.99. The van der Waals surface area contributed by atoms with E-state index in [9.17, 15) is 14.9 Å². The van der Waals surface area contributed by atoms with Crippen molar-refractivity contribution in [2.24, 2.45) is 4.99 Å². The van der Waals surface area contributed by atoms with Crippen LogP contribution in [-0.2, 0) is 4.79 Å². The number of nitro benzene ring substituents is 1. The second-order valence-corrected chi connectivity index (χ2v) is 6.44. The maximum atomic E-state index is 12.5. The number of furan rings is 1. The van der Waals surface area contributed by atoms with Gasteiger partial charge in [0.1, 0.15) is 11.5 Å². The van der Waals surface area contributed by atoms with E-state index in [1.54, 1.807) is 35.2 Å². The molecule has 0 atom stereocenters. The fourth-order valence-electron chi connectivity index (χ4n) is 2.53. The van der Waals surface area contributed by atoms with E-state index < -0.39 is 4.92 Å². The summed E-state index contributed by atoms with van der Waals surface area (Å²) in [6, 6.07) is 9.70. The molecule has 1 aromatic heterocycles. The molecule has 0 aliphatic carbocycles. The van der Waals surface area contributed by atoms with Crippen LogP contribution in [0.5, 0.6) is 0 Å². The highest BCUT2D eigenvalue weighted by atomic mass is 32.2. The lowest BCUT2D eigenvalue weighted by Gasteiger charge is -2.11. The van der Waals surface area contributed by atoms with E-state index in [-0.39, 0.29) is 11.6 Å². The van der Waals surface area contributed by atoms with Crippen molar-refractivity contribution in [3.8, 4) is 11.3 Å². The first-order valence-corrected chi connectivity index (χ1v) is 8.95. The highest BCUT2D eigenvalue weighted by molar-refractivity contribution is 8.18. The van der Waals surface area contributed by atoms with E-state index in [2.05, 4.69) is 4.99 Å². The summed E-state index contributed by atoms with van der Waals surface area (Å²) in [7, 11) is 0. The van der Waals surface area contributed by atoms with E-state index in [1.807, 2.05) is 13.8 Å². The summed E-state index contributed by atoms with van der Waals surface area (Å²) in [4.78, 5) is 29.4. The minimum Gasteiger partial charge on any atom is -0.457 e. The molecule has 1 fully saturated rings. The molecule has 134 valence electrons. The molecule has 26 heavy (non-hydrogen) atoms. The number of thioether (sulfide) groups is 1. The Balaban J connectivity index is 1.88. The van der Waals surface area contributed by atoms with Crippen LogP contribution in [0.15, 0.2) is 50.7 Å². The van der Waals surface area contributed by atoms with Gasteiger partial charge in [-0.15, -0.1) is 0 Å². The zero-order valence-corrected chi connectivity index (χ0v) is 15.2. The van der Waals surface area contributed by atoms with Gasteiger partial charge in [-0.3, -0.25) is 24.8 Å². The Kier molecular flexibility index (Phi) is 5.22. The molecule has 2 heterocycles. The van der Waals surface area contributed by atoms with Crippen LogP contribution >= 0.6 is 11.8 Å². The molecule has 1 aliphatic rings. The van der Waals surface area contributed by atoms with E-state index in [0.29, 0.717) is 40.2 Å². The van der Waals surface area contributed by atoms with Gasteiger partial charge in [0.2, 0.25) is 0 Å². The van der Waals surface area contributed by atoms with Gasteiger partial charge in [-0.1, -0.05) is 12.1 Å². The number of aliphatic imine (C=N–C) groups is 1. The van der Waals surface area contributed by atoms with Crippen molar-refractivity contribution in [3.63, 3.8) is 0 Å². The summed E-state index contributed by atoms with van der Waals surface area (Å²) in [5.74, 6) is 0.917. The van der Waals surface area contributed by atoms with E-state index in [0.717, 1.165) is 0 Å². The first kappa shape index (κ1) is 17.9. The predicted octanol–water partition coefficient (Wildman–Crippen LogP) is 4.17. The standard InChI is InChI=1S/C18H17N3O4S/c1-3-19-18-20(4-2)17(22)16(26-18)11-14-8-9-15(25-14)12-6-5-7-13(10-12)21(23)24/h5-11H,3-4H2,1-2H3. The molecule has 7 nitrogen and oxygen atoms in total. The van der Waals surface area contributed by atoms with Crippen LogP contribution in [0.25, 0.3) is 17.4 Å². The van der Waals surface area contributed by atoms with Gasteiger partial charge in [-0.05, 0) is 37.7 Å². The SMILES string of the molecule is CCN=C1SC(=Cc2ccc(-c3cccc([N+](=O)[O-])c3)o2)C(=O)N1CC. The van der Waals surface area contributed by atoms with Crippen LogP contribution in [0, 0.1) is 10.1 Å². The number of carbonyl (C=O) groups excluding carboxylic acids is 1. The molecule has 0 N–H and O–H groups in total. The number of benzene rings is 1. The maximum Gasteiger partial charge on any atom is 0.270 e. The highest BCUT2D eigenvalue weighted by Crippen LogP contribution is 2.33. The number of amidine groups is 1. The number of nitrogens with zero attached hydrogens (tertiary/aromatic N) is 3. The van der Waals surface area contributed by atoms with Gasteiger partial charge >= 0.3 is 0 Å². The van der Waals surface area contributed by atoms with Crippen molar-refractivity contribution in [3.05, 3.63) is 57.2 Å². The first-order chi connectivity index (χ1) is 12.5. The van der Waals surface area contributed by atoms with Crippen LogP contribution in [0.2, 0.25) is 0 Å². The van der Waals surface area contributed by atoms with Crippen molar-refractivity contribution < 1.29 is 14.1 Å². The molecule has 0 saturated carbocycles. The van der Waals surface area contributed by atoms with Crippen LogP contribution in [0.4, 0.5) is 5.69 Å². The van der Waals surface area contributed by atoms with Gasteiger partial charge in [0.05, 0.1) is 9.83 Å². The van der Waals surface area contributed by atoms with Crippen LogP contribution in [-0.4, -0.2) is 34.0 Å². The van der Waals surface area contributed by atoms with E-state index >= 15 is 0 Å². The average molecular weight is 371 g/mol. The normalized spacial score (nSPS) is 17.5. The first-order valence-electron chi connectivity index (χ1n) is 8.14. The topological polar surface area (TPSA) is 89.0 Å². The molecule has 1 aromatic carbocycles. The van der Waals surface area contributed by atoms with Gasteiger partial charge in [0, 0.05) is 36.9 Å². The van der Waals surface area contributed by atoms with Gasteiger partial charge in [-0.2, -0.15) is 0 Å². The maximum absolute atomic E-state index is 12.5. The predicted molar refractivity (Wildman–Crippen MR) is 102 cm³/mol. The Morgan fingerprint density at radius 3 is 2.81 bits per heavy atom. The average Bonchev–Trinajstić information content (AvgIpc) is 3.21. The second-order valence-electron chi connectivity index (χ2n) is 5.43. The molecule has 2 aromatic rings. The van der Waals surface area contributed by atoms with Crippen molar-refractivity contribution in [1.29, 1.82) is 0 Å². The largest absolute Gasteiger partial charge is 0.457 e. The van der Waals surface area contributed by atoms with Crippen LogP contribution in [0.3, 0.4) is 0 Å². The number of carbonyl (C=O) groups is 1. The zero-order chi connectivity index (χ0) is 18.7. The number of amides is 1. The Labute approximate surface area is 154 Å². The van der Waals surface area contributed by atoms with E-state index in [4.69, 9.17) is 4.42 Å². The Morgan fingerprint density at radius 2 is 2.12 bits per heavy atom. The molecule has 0 bridgehead atoms. The zero-order valence-electron chi connectivity index (χ0n) is 14.3. The lowest BCUT2D eigenvalue weighted by Crippen LogP contribution is -2.28. The number of likely N-dealkylation sites (N-methyl/N-ethyl adjacent to an activating group) is 1. The summed E-state index contributed by atoms with van der Waals surface area (Å²) in [6.07, 6.45) is 1.68. The molecular weight excluding hydrogens is 354 g/mol. The van der Waals surface area contributed by atoms with Gasteiger partial charge < -0.3 is 4.42 Å². The number of rotatable bonds is 5. The van der Waals surface area contributed by atoms with Crippen molar-refractivity contribution in [1.82, 2.24) is 4.90 Å². The molecule has 0 unspecified atom stereocenters. The van der Waals surface area contributed by atoms with Gasteiger partial charge in [0.25, 0.3) is 11.6 Å². The Morgan fingerprint density at radius 1 is 1.31 bits per heavy atom. The summed E-state index contributed by atoms with van der Waals surface area (Å²) < 4.78 is 5.76. The third kappa shape index (κ3) is 3.55. The monoisotopic (exact) mass is 371 g/mol.